The van der Waals surface area contributed by atoms with Gasteiger partial charge in [-0.1, -0.05) is 6.07 Å². The van der Waals surface area contributed by atoms with Gasteiger partial charge in [0.05, 0.1) is 25.4 Å². The molecule has 0 unspecified atom stereocenters. The van der Waals surface area contributed by atoms with Crippen molar-refractivity contribution in [3.8, 4) is 11.8 Å². The van der Waals surface area contributed by atoms with Gasteiger partial charge in [-0.15, -0.1) is 0 Å². The summed E-state index contributed by atoms with van der Waals surface area (Å²) in [6, 6.07) is 7.12. The van der Waals surface area contributed by atoms with Crippen molar-refractivity contribution in [1.82, 2.24) is 15.3 Å². The zero-order valence-corrected chi connectivity index (χ0v) is 14.8. The summed E-state index contributed by atoms with van der Waals surface area (Å²) in [7, 11) is 0. The van der Waals surface area contributed by atoms with Crippen molar-refractivity contribution in [1.29, 1.82) is 0 Å². The summed E-state index contributed by atoms with van der Waals surface area (Å²) in [6.07, 6.45) is 5.03. The first-order valence-corrected chi connectivity index (χ1v) is 8.81. The molecule has 0 aromatic carbocycles. The molecule has 3 heterocycles. The molecule has 0 atom stereocenters. The summed E-state index contributed by atoms with van der Waals surface area (Å²) < 4.78 is 16.6. The van der Waals surface area contributed by atoms with Gasteiger partial charge in [0.2, 0.25) is 11.8 Å². The fraction of sp³-hybridized carbons (Fsp3) is 0.421. The van der Waals surface area contributed by atoms with Crippen molar-refractivity contribution in [2.24, 2.45) is 0 Å². The molecule has 7 heteroatoms. The quantitative estimate of drug-likeness (QED) is 0.819. The van der Waals surface area contributed by atoms with Crippen molar-refractivity contribution in [3.63, 3.8) is 0 Å². The van der Waals surface area contributed by atoms with E-state index in [9.17, 15) is 4.79 Å². The molecule has 2 aromatic rings. The van der Waals surface area contributed by atoms with Crippen LogP contribution in [0.3, 0.4) is 0 Å². The van der Waals surface area contributed by atoms with Crippen molar-refractivity contribution in [2.75, 3.05) is 19.8 Å². The normalized spacial score (nSPS) is 14.7. The van der Waals surface area contributed by atoms with E-state index < -0.39 is 0 Å². The van der Waals surface area contributed by atoms with Crippen molar-refractivity contribution in [2.45, 2.75) is 32.4 Å². The smallest absolute Gasteiger partial charge is 0.253 e. The zero-order valence-electron chi connectivity index (χ0n) is 14.8. The largest absolute Gasteiger partial charge is 0.478 e. The van der Waals surface area contributed by atoms with Crippen LogP contribution in [0, 0.1) is 0 Å². The summed E-state index contributed by atoms with van der Waals surface area (Å²) in [4.78, 5) is 20.7. The lowest BCUT2D eigenvalue weighted by Gasteiger charge is -2.22. The lowest BCUT2D eigenvalue weighted by molar-refractivity contribution is 0.0237. The summed E-state index contributed by atoms with van der Waals surface area (Å²) in [6.45, 7) is 4.18. The van der Waals surface area contributed by atoms with Gasteiger partial charge in [-0.3, -0.25) is 4.79 Å². The van der Waals surface area contributed by atoms with E-state index >= 15 is 0 Å². The molecule has 2 aromatic heterocycles. The van der Waals surface area contributed by atoms with Crippen LogP contribution in [-0.4, -0.2) is 41.8 Å². The monoisotopic (exact) mass is 357 g/mol. The van der Waals surface area contributed by atoms with Crippen molar-refractivity contribution < 1.29 is 19.0 Å². The maximum Gasteiger partial charge on any atom is 0.253 e. The van der Waals surface area contributed by atoms with Gasteiger partial charge in [0.25, 0.3) is 5.91 Å². The molecular formula is C19H23N3O4. The van der Waals surface area contributed by atoms with Crippen LogP contribution in [0.25, 0.3) is 0 Å². The minimum absolute atomic E-state index is 0.124. The SMILES string of the molecule is CCOc1ncccc1CNC(=O)c1ccc(OC2CCOCC2)nc1. The van der Waals surface area contributed by atoms with Gasteiger partial charge in [0.15, 0.2) is 0 Å². The van der Waals surface area contributed by atoms with Gasteiger partial charge in [0.1, 0.15) is 6.10 Å². The summed E-state index contributed by atoms with van der Waals surface area (Å²) in [5.74, 6) is 0.856. The number of pyridine rings is 2. The van der Waals surface area contributed by atoms with Crippen LogP contribution in [-0.2, 0) is 11.3 Å². The number of nitrogens with zero attached hydrogens (tertiary/aromatic N) is 2. The molecule has 1 aliphatic rings. The topological polar surface area (TPSA) is 82.6 Å². The van der Waals surface area contributed by atoms with Gasteiger partial charge < -0.3 is 19.5 Å². The average Bonchev–Trinajstić information content (AvgIpc) is 2.69. The summed E-state index contributed by atoms with van der Waals surface area (Å²) in [5.41, 5.74) is 1.31. The molecule has 1 N–H and O–H groups in total. The molecule has 0 radical (unpaired) electrons. The van der Waals surface area contributed by atoms with Crippen LogP contribution < -0.4 is 14.8 Å². The maximum absolute atomic E-state index is 12.3. The third kappa shape index (κ3) is 4.92. The molecule has 1 amide bonds. The number of ether oxygens (including phenoxy) is 3. The first-order chi connectivity index (χ1) is 12.8. The van der Waals surface area contributed by atoms with Crippen LogP contribution >= 0.6 is 0 Å². The molecule has 1 aliphatic heterocycles. The lowest BCUT2D eigenvalue weighted by atomic mass is 10.1. The number of rotatable bonds is 7. The second kappa shape index (κ2) is 9.15. The molecule has 7 nitrogen and oxygen atoms in total. The first-order valence-electron chi connectivity index (χ1n) is 8.81. The number of aromatic nitrogens is 2. The second-order valence-corrected chi connectivity index (χ2v) is 5.90. The third-order valence-electron chi connectivity index (χ3n) is 4.02. The van der Waals surface area contributed by atoms with E-state index in [1.807, 2.05) is 19.1 Å². The Balaban J connectivity index is 1.55. The highest BCUT2D eigenvalue weighted by atomic mass is 16.5. The number of hydrogen-bond donors (Lipinski definition) is 1. The van der Waals surface area contributed by atoms with Crippen LogP contribution in [0.5, 0.6) is 11.8 Å². The Labute approximate surface area is 152 Å². The zero-order chi connectivity index (χ0) is 18.2. The Hall–Kier alpha value is -2.67. The number of hydrogen-bond acceptors (Lipinski definition) is 6. The van der Waals surface area contributed by atoms with Gasteiger partial charge in [-0.25, -0.2) is 9.97 Å². The van der Waals surface area contributed by atoms with Gasteiger partial charge in [-0.05, 0) is 19.1 Å². The maximum atomic E-state index is 12.3. The summed E-state index contributed by atoms with van der Waals surface area (Å²) >= 11 is 0. The molecule has 1 saturated heterocycles. The van der Waals surface area contributed by atoms with Crippen molar-refractivity contribution >= 4 is 5.91 Å². The molecule has 3 rings (SSSR count). The predicted octanol–water partition coefficient (Wildman–Crippen LogP) is 2.36. The highest BCUT2D eigenvalue weighted by Gasteiger charge is 2.16. The molecule has 0 bridgehead atoms. The Morgan fingerprint density at radius 2 is 2.12 bits per heavy atom. The lowest BCUT2D eigenvalue weighted by Crippen LogP contribution is -2.26. The average molecular weight is 357 g/mol. The van der Waals surface area contributed by atoms with E-state index in [4.69, 9.17) is 14.2 Å². The predicted molar refractivity (Wildman–Crippen MR) is 95.3 cm³/mol. The minimum atomic E-state index is -0.207. The van der Waals surface area contributed by atoms with E-state index in [0.717, 1.165) is 18.4 Å². The first kappa shape index (κ1) is 18.1. The van der Waals surface area contributed by atoms with Gasteiger partial charge in [-0.2, -0.15) is 0 Å². The molecule has 0 aliphatic carbocycles. The van der Waals surface area contributed by atoms with Gasteiger partial charge in [0, 0.05) is 43.4 Å². The Morgan fingerprint density at radius 1 is 1.27 bits per heavy atom. The van der Waals surface area contributed by atoms with Crippen LogP contribution in [0.2, 0.25) is 0 Å². The molecule has 0 spiro atoms. The molecule has 1 fully saturated rings. The van der Waals surface area contributed by atoms with E-state index in [1.165, 1.54) is 6.20 Å². The number of carbonyl (C=O) groups excluding carboxylic acids is 1. The summed E-state index contributed by atoms with van der Waals surface area (Å²) in [5, 5.41) is 2.86. The van der Waals surface area contributed by atoms with Crippen LogP contribution in [0.15, 0.2) is 36.7 Å². The standard InChI is InChI=1S/C19H23N3O4/c1-2-25-19-15(4-3-9-20-19)13-22-18(23)14-5-6-17(21-12-14)26-16-7-10-24-11-8-16/h3-6,9,12,16H,2,7-8,10-11,13H2,1H3,(H,22,23). The number of carbonyl (C=O) groups is 1. The third-order valence-corrected chi connectivity index (χ3v) is 4.02. The fourth-order valence-corrected chi connectivity index (χ4v) is 2.65. The van der Waals surface area contributed by atoms with E-state index in [1.54, 1.807) is 18.3 Å². The van der Waals surface area contributed by atoms with E-state index in [-0.39, 0.29) is 12.0 Å². The number of nitrogens with one attached hydrogen (secondary N) is 1. The fourth-order valence-electron chi connectivity index (χ4n) is 2.65. The van der Waals surface area contributed by atoms with Gasteiger partial charge >= 0.3 is 0 Å². The molecule has 0 saturated carbocycles. The Morgan fingerprint density at radius 3 is 2.85 bits per heavy atom. The molecule has 138 valence electrons. The molecule has 26 heavy (non-hydrogen) atoms. The Bertz CT molecular complexity index is 715. The number of amides is 1. The van der Waals surface area contributed by atoms with Crippen molar-refractivity contribution in [3.05, 3.63) is 47.8 Å². The molecular weight excluding hydrogens is 334 g/mol. The van der Waals surface area contributed by atoms with E-state index in [0.29, 0.717) is 43.7 Å². The second-order valence-electron chi connectivity index (χ2n) is 5.90. The Kier molecular flexibility index (Phi) is 6.38. The van der Waals surface area contributed by atoms with Crippen LogP contribution in [0.4, 0.5) is 0 Å². The van der Waals surface area contributed by atoms with E-state index in [2.05, 4.69) is 15.3 Å². The minimum Gasteiger partial charge on any atom is -0.478 e. The van der Waals surface area contributed by atoms with Crippen LogP contribution in [0.1, 0.15) is 35.7 Å². The highest BCUT2D eigenvalue weighted by molar-refractivity contribution is 5.93. The highest BCUT2D eigenvalue weighted by Crippen LogP contribution is 2.17.